The monoisotopic (exact) mass is 426 g/mol. The first-order valence-corrected chi connectivity index (χ1v) is 10.7. The standard InChI is InChI=1S/C24H22N6O2/c25-24(31)23-18-12-30(13-19(18)23)11-16-3-1-14-9-17(4-5-20(14)28-16)32-22-6-2-15(10-26-22)21-7-8-27-29-21/h1-10,18-19,23H,11-13H2,(H2,25,31)(H,27,29)/t18-,19+,23+. The average molecular weight is 426 g/mol. The van der Waals surface area contributed by atoms with Crippen LogP contribution in [0.15, 0.2) is 60.9 Å². The third kappa shape index (κ3) is 3.48. The summed E-state index contributed by atoms with van der Waals surface area (Å²) in [6.45, 7) is 2.65. The molecule has 1 amide bonds. The van der Waals surface area contributed by atoms with Crippen LogP contribution in [0.4, 0.5) is 0 Å². The summed E-state index contributed by atoms with van der Waals surface area (Å²) < 4.78 is 5.93. The number of nitrogens with one attached hydrogen (secondary N) is 1. The van der Waals surface area contributed by atoms with Crippen molar-refractivity contribution in [3.63, 3.8) is 0 Å². The Balaban J connectivity index is 1.12. The third-order valence-corrected chi connectivity index (χ3v) is 6.47. The number of rotatable bonds is 6. The number of hydrogen-bond donors (Lipinski definition) is 2. The molecule has 1 aliphatic carbocycles. The number of H-pyrrole nitrogens is 1. The molecule has 8 heteroatoms. The molecule has 4 aromatic rings. The van der Waals surface area contributed by atoms with Crippen molar-refractivity contribution in [2.45, 2.75) is 6.54 Å². The first-order chi connectivity index (χ1) is 15.6. The van der Waals surface area contributed by atoms with Gasteiger partial charge in [0.05, 0.1) is 16.9 Å². The fraction of sp³-hybridized carbons (Fsp3) is 0.250. The number of aromatic nitrogens is 4. The second-order valence-corrected chi connectivity index (χ2v) is 8.56. The number of likely N-dealkylation sites (tertiary alicyclic amines) is 1. The number of nitrogens with two attached hydrogens (primary N) is 1. The van der Waals surface area contributed by atoms with Crippen LogP contribution in [0.5, 0.6) is 11.6 Å². The van der Waals surface area contributed by atoms with Gasteiger partial charge in [0.2, 0.25) is 11.8 Å². The molecule has 3 N–H and O–H groups in total. The summed E-state index contributed by atoms with van der Waals surface area (Å²) in [5.41, 5.74) is 9.26. The van der Waals surface area contributed by atoms with E-state index in [1.807, 2.05) is 36.4 Å². The van der Waals surface area contributed by atoms with Crippen LogP contribution in [0.3, 0.4) is 0 Å². The minimum Gasteiger partial charge on any atom is -0.439 e. The van der Waals surface area contributed by atoms with Crippen molar-refractivity contribution < 1.29 is 9.53 Å². The Bertz CT molecular complexity index is 1280. The molecule has 4 heterocycles. The lowest BCUT2D eigenvalue weighted by Crippen LogP contribution is -2.28. The molecule has 32 heavy (non-hydrogen) atoms. The molecule has 0 radical (unpaired) electrons. The number of benzene rings is 1. The van der Waals surface area contributed by atoms with Crippen molar-refractivity contribution in [1.29, 1.82) is 0 Å². The third-order valence-electron chi connectivity index (χ3n) is 6.47. The van der Waals surface area contributed by atoms with E-state index >= 15 is 0 Å². The molecule has 160 valence electrons. The largest absolute Gasteiger partial charge is 0.439 e. The highest BCUT2D eigenvalue weighted by Crippen LogP contribution is 2.51. The average Bonchev–Trinajstić information content (AvgIpc) is 3.13. The van der Waals surface area contributed by atoms with Gasteiger partial charge in [-0.3, -0.25) is 19.8 Å². The Morgan fingerprint density at radius 3 is 2.72 bits per heavy atom. The molecule has 3 aromatic heterocycles. The Kier molecular flexibility index (Phi) is 4.39. The van der Waals surface area contributed by atoms with E-state index in [9.17, 15) is 4.79 Å². The van der Waals surface area contributed by atoms with E-state index in [0.717, 1.165) is 47.5 Å². The second-order valence-electron chi connectivity index (χ2n) is 8.56. The molecule has 8 nitrogen and oxygen atoms in total. The van der Waals surface area contributed by atoms with Crippen LogP contribution in [-0.4, -0.2) is 44.1 Å². The van der Waals surface area contributed by atoms with Gasteiger partial charge in [0, 0.05) is 55.0 Å². The molecule has 2 aliphatic rings. The maximum Gasteiger partial charge on any atom is 0.221 e. The van der Waals surface area contributed by atoms with Crippen molar-refractivity contribution in [1.82, 2.24) is 25.1 Å². The predicted molar refractivity (Wildman–Crippen MR) is 119 cm³/mol. The Morgan fingerprint density at radius 2 is 2.00 bits per heavy atom. The van der Waals surface area contributed by atoms with Gasteiger partial charge in [-0.05, 0) is 48.2 Å². The van der Waals surface area contributed by atoms with Gasteiger partial charge >= 0.3 is 0 Å². The van der Waals surface area contributed by atoms with Gasteiger partial charge in [0.1, 0.15) is 5.75 Å². The number of piperidine rings is 1. The first kappa shape index (κ1) is 18.9. The number of amides is 1. The summed E-state index contributed by atoms with van der Waals surface area (Å²) in [7, 11) is 0. The zero-order valence-electron chi connectivity index (χ0n) is 17.3. The number of nitrogens with zero attached hydrogens (tertiary/aromatic N) is 4. The Hall–Kier alpha value is -3.78. The van der Waals surface area contributed by atoms with Crippen molar-refractivity contribution >= 4 is 16.8 Å². The van der Waals surface area contributed by atoms with E-state index in [2.05, 4.69) is 32.2 Å². The van der Waals surface area contributed by atoms with Gasteiger partial charge in [-0.25, -0.2) is 4.98 Å². The maximum atomic E-state index is 11.4. The Labute approximate surface area is 184 Å². The van der Waals surface area contributed by atoms with Gasteiger partial charge in [-0.2, -0.15) is 5.10 Å². The first-order valence-electron chi connectivity index (χ1n) is 10.7. The van der Waals surface area contributed by atoms with Crippen LogP contribution < -0.4 is 10.5 Å². The van der Waals surface area contributed by atoms with Crippen molar-refractivity contribution in [2.75, 3.05) is 13.1 Å². The summed E-state index contributed by atoms with van der Waals surface area (Å²) >= 11 is 0. The molecule has 6 rings (SSSR count). The number of primary amides is 1. The molecule has 3 atom stereocenters. The highest BCUT2D eigenvalue weighted by molar-refractivity contribution is 5.81. The number of carbonyl (C=O) groups excluding carboxylic acids is 1. The number of hydrogen-bond acceptors (Lipinski definition) is 6. The molecule has 0 unspecified atom stereocenters. The van der Waals surface area contributed by atoms with Gasteiger partial charge in [0.15, 0.2) is 0 Å². The van der Waals surface area contributed by atoms with E-state index in [1.54, 1.807) is 12.4 Å². The summed E-state index contributed by atoms with van der Waals surface area (Å²) in [4.78, 5) is 22.9. The van der Waals surface area contributed by atoms with Crippen molar-refractivity contribution in [2.24, 2.45) is 23.5 Å². The van der Waals surface area contributed by atoms with E-state index in [1.165, 1.54) is 0 Å². The van der Waals surface area contributed by atoms with Gasteiger partial charge < -0.3 is 10.5 Å². The van der Waals surface area contributed by atoms with Gasteiger partial charge in [-0.15, -0.1) is 0 Å². The van der Waals surface area contributed by atoms with E-state index in [4.69, 9.17) is 15.5 Å². The van der Waals surface area contributed by atoms with Crippen LogP contribution in [-0.2, 0) is 11.3 Å². The molecular weight excluding hydrogens is 404 g/mol. The lowest BCUT2D eigenvalue weighted by atomic mass is 10.2. The van der Waals surface area contributed by atoms with Crippen molar-refractivity contribution in [3.05, 3.63) is 66.6 Å². The lowest BCUT2D eigenvalue weighted by molar-refractivity contribution is -0.120. The number of carbonyl (C=O) groups is 1. The normalized spacial score (nSPS) is 22.1. The van der Waals surface area contributed by atoms with Gasteiger partial charge in [-0.1, -0.05) is 6.07 Å². The maximum absolute atomic E-state index is 11.4. The highest BCUT2D eigenvalue weighted by atomic mass is 16.5. The Morgan fingerprint density at radius 1 is 1.12 bits per heavy atom. The minimum atomic E-state index is -0.148. The zero-order chi connectivity index (χ0) is 21.7. The number of pyridine rings is 2. The zero-order valence-corrected chi connectivity index (χ0v) is 17.3. The summed E-state index contributed by atoms with van der Waals surface area (Å²) in [6, 6.07) is 15.7. The predicted octanol–water partition coefficient (Wildman–Crippen LogP) is 2.98. The van der Waals surface area contributed by atoms with Crippen molar-refractivity contribution in [3.8, 4) is 22.9 Å². The molecule has 1 saturated heterocycles. The molecule has 0 bridgehead atoms. The smallest absolute Gasteiger partial charge is 0.221 e. The molecule has 0 spiro atoms. The van der Waals surface area contributed by atoms with E-state index in [-0.39, 0.29) is 11.8 Å². The highest BCUT2D eigenvalue weighted by Gasteiger charge is 2.58. The molecule has 2 fully saturated rings. The number of aromatic amines is 1. The van der Waals surface area contributed by atoms with Crippen LogP contribution in [0, 0.1) is 17.8 Å². The number of ether oxygens (including phenoxy) is 1. The minimum absolute atomic E-state index is 0.0883. The van der Waals surface area contributed by atoms with Crippen LogP contribution in [0.2, 0.25) is 0 Å². The second kappa shape index (κ2) is 7.42. The quantitative estimate of drug-likeness (QED) is 0.490. The topological polar surface area (TPSA) is 110 Å². The van der Waals surface area contributed by atoms with Crippen LogP contribution in [0.25, 0.3) is 22.2 Å². The summed E-state index contributed by atoms with van der Waals surface area (Å²) in [6.07, 6.45) is 3.47. The summed E-state index contributed by atoms with van der Waals surface area (Å²) in [5.74, 6) is 2.06. The number of fused-ring (bicyclic) bond motifs is 2. The lowest BCUT2D eigenvalue weighted by Gasteiger charge is -2.18. The fourth-order valence-corrected chi connectivity index (χ4v) is 4.83. The fourth-order valence-electron chi connectivity index (χ4n) is 4.83. The van der Waals surface area contributed by atoms with E-state index < -0.39 is 0 Å². The SMILES string of the molecule is NC(=O)[C@H]1[C@@H]2CN(Cc3ccc4cc(Oc5ccc(-c6ccn[nH]6)cn5)ccc4n3)C[C@@H]21. The summed E-state index contributed by atoms with van der Waals surface area (Å²) in [5, 5.41) is 7.89. The van der Waals surface area contributed by atoms with E-state index in [0.29, 0.717) is 23.5 Å². The molecule has 1 saturated carbocycles. The van der Waals surface area contributed by atoms with Gasteiger partial charge in [0.25, 0.3) is 0 Å². The molecule has 1 aromatic carbocycles. The molecular formula is C24H22N6O2. The van der Waals surface area contributed by atoms with Crippen LogP contribution >= 0.6 is 0 Å². The van der Waals surface area contributed by atoms with Crippen LogP contribution in [0.1, 0.15) is 5.69 Å². The molecule has 1 aliphatic heterocycles.